The molecule has 0 spiro atoms. The lowest BCUT2D eigenvalue weighted by Gasteiger charge is -2.28. The van der Waals surface area contributed by atoms with E-state index in [9.17, 15) is 4.79 Å². The number of carbonyl (C=O) groups excluding carboxylic acids is 1. The van der Waals surface area contributed by atoms with Crippen LogP contribution in [0.1, 0.15) is 0 Å². The molecule has 0 fully saturated rings. The van der Waals surface area contributed by atoms with Crippen LogP contribution in [0.2, 0.25) is 0 Å². The number of hydrogen-bond donors (Lipinski definition) is 0. The van der Waals surface area contributed by atoms with Gasteiger partial charge in [-0.15, -0.1) is 11.8 Å². The minimum atomic E-state index is 0.0800. The van der Waals surface area contributed by atoms with Crippen molar-refractivity contribution in [3.05, 3.63) is 48.8 Å². The second kappa shape index (κ2) is 5.96. The summed E-state index contributed by atoms with van der Waals surface area (Å²) in [5.74, 6) is 1.22. The van der Waals surface area contributed by atoms with Crippen molar-refractivity contribution >= 4 is 23.4 Å². The van der Waals surface area contributed by atoms with E-state index in [1.165, 1.54) is 0 Å². The first kappa shape index (κ1) is 13.0. The molecule has 3 rings (SSSR count). The number of amides is 1. The minimum Gasteiger partial charge on any atom is -0.489 e. The predicted octanol–water partition coefficient (Wildman–Crippen LogP) is 2.60. The van der Waals surface area contributed by atoms with E-state index in [-0.39, 0.29) is 5.91 Å². The van der Waals surface area contributed by atoms with Gasteiger partial charge < -0.3 is 9.64 Å². The molecule has 1 aliphatic heterocycles. The average molecular weight is 286 g/mol. The van der Waals surface area contributed by atoms with E-state index in [2.05, 4.69) is 4.98 Å². The number of ether oxygens (including phenoxy) is 1. The number of pyridine rings is 1. The summed E-state index contributed by atoms with van der Waals surface area (Å²) >= 11 is 1.54. The summed E-state index contributed by atoms with van der Waals surface area (Å²) in [6.07, 6.45) is 3.35. The number of nitrogens with zero attached hydrogens (tertiary/aromatic N) is 2. The summed E-state index contributed by atoms with van der Waals surface area (Å²) in [5.41, 5.74) is 0.761. The third-order valence-electron chi connectivity index (χ3n) is 3.03. The number of aromatic nitrogens is 1. The molecule has 4 nitrogen and oxygen atoms in total. The lowest BCUT2D eigenvalue weighted by molar-refractivity contribution is -0.116. The highest BCUT2D eigenvalue weighted by Gasteiger charge is 2.23. The highest BCUT2D eigenvalue weighted by molar-refractivity contribution is 8.00. The Bertz CT molecular complexity index is 604. The van der Waals surface area contributed by atoms with Crippen molar-refractivity contribution in [2.45, 2.75) is 4.90 Å². The molecule has 1 aromatic heterocycles. The Morgan fingerprint density at radius 1 is 1.30 bits per heavy atom. The fraction of sp³-hybridized carbons (Fsp3) is 0.200. The number of rotatable bonds is 3. The molecule has 5 heteroatoms. The normalized spacial score (nSPS) is 13.5. The van der Waals surface area contributed by atoms with Crippen LogP contribution < -0.4 is 9.64 Å². The van der Waals surface area contributed by atoms with E-state index in [1.807, 2.05) is 30.3 Å². The molecule has 0 unspecified atom stereocenters. The number of benzene rings is 1. The Hall–Kier alpha value is -2.01. The maximum absolute atomic E-state index is 12.4. The van der Waals surface area contributed by atoms with E-state index in [0.29, 0.717) is 18.9 Å². The van der Waals surface area contributed by atoms with Crippen LogP contribution in [0.25, 0.3) is 0 Å². The molecule has 0 saturated heterocycles. The van der Waals surface area contributed by atoms with Crippen LogP contribution in [-0.4, -0.2) is 29.8 Å². The Balaban J connectivity index is 1.69. The van der Waals surface area contributed by atoms with Crippen molar-refractivity contribution in [3.63, 3.8) is 0 Å². The van der Waals surface area contributed by atoms with Crippen LogP contribution in [-0.2, 0) is 4.79 Å². The lowest BCUT2D eigenvalue weighted by Crippen LogP contribution is -2.39. The molecule has 102 valence electrons. The van der Waals surface area contributed by atoms with Gasteiger partial charge in [0.2, 0.25) is 5.91 Å². The van der Waals surface area contributed by atoms with E-state index in [1.54, 1.807) is 35.1 Å². The smallest absolute Gasteiger partial charge is 0.237 e. The summed E-state index contributed by atoms with van der Waals surface area (Å²) < 4.78 is 5.53. The molecule has 1 aromatic carbocycles. The largest absolute Gasteiger partial charge is 0.489 e. The van der Waals surface area contributed by atoms with E-state index in [4.69, 9.17) is 4.74 Å². The third kappa shape index (κ3) is 2.77. The zero-order valence-electron chi connectivity index (χ0n) is 10.9. The van der Waals surface area contributed by atoms with E-state index in [0.717, 1.165) is 16.3 Å². The number of thioether (sulfide) groups is 1. The SMILES string of the molecule is O=C(CSc1ccccc1)N1CCOc2ccncc21. The highest BCUT2D eigenvalue weighted by atomic mass is 32.2. The van der Waals surface area contributed by atoms with Gasteiger partial charge in [-0.1, -0.05) is 18.2 Å². The van der Waals surface area contributed by atoms with Crippen molar-refractivity contribution in [2.75, 3.05) is 23.8 Å². The highest BCUT2D eigenvalue weighted by Crippen LogP contribution is 2.30. The topological polar surface area (TPSA) is 42.4 Å². The molecule has 0 radical (unpaired) electrons. The second-order valence-electron chi connectivity index (χ2n) is 4.34. The van der Waals surface area contributed by atoms with E-state index >= 15 is 0 Å². The molecule has 0 bridgehead atoms. The van der Waals surface area contributed by atoms with E-state index < -0.39 is 0 Å². The van der Waals surface area contributed by atoms with Gasteiger partial charge >= 0.3 is 0 Å². The molecule has 0 N–H and O–H groups in total. The van der Waals surface area contributed by atoms with Gasteiger partial charge in [0.15, 0.2) is 0 Å². The molecule has 1 amide bonds. The van der Waals surface area contributed by atoms with Gasteiger partial charge in [0.25, 0.3) is 0 Å². The maximum atomic E-state index is 12.4. The molecule has 2 aromatic rings. The van der Waals surface area contributed by atoms with Crippen LogP contribution in [0, 0.1) is 0 Å². The molecular weight excluding hydrogens is 272 g/mol. The molecule has 0 aliphatic carbocycles. The molecular formula is C15H14N2O2S. The fourth-order valence-corrected chi connectivity index (χ4v) is 2.86. The van der Waals surface area contributed by atoms with Gasteiger partial charge in [-0.05, 0) is 12.1 Å². The van der Waals surface area contributed by atoms with Crippen molar-refractivity contribution < 1.29 is 9.53 Å². The monoisotopic (exact) mass is 286 g/mol. The van der Waals surface area contributed by atoms with Gasteiger partial charge in [-0.2, -0.15) is 0 Å². The lowest BCUT2D eigenvalue weighted by atomic mass is 10.3. The number of hydrogen-bond acceptors (Lipinski definition) is 4. The zero-order valence-corrected chi connectivity index (χ0v) is 11.7. The van der Waals surface area contributed by atoms with Crippen molar-refractivity contribution in [1.82, 2.24) is 4.98 Å². The molecule has 2 heterocycles. The molecule has 0 saturated carbocycles. The Morgan fingerprint density at radius 2 is 2.15 bits per heavy atom. The summed E-state index contributed by atoms with van der Waals surface area (Å²) in [7, 11) is 0. The van der Waals surface area contributed by atoms with Crippen LogP contribution in [0.4, 0.5) is 5.69 Å². The Labute approximate surface area is 121 Å². The van der Waals surface area contributed by atoms with Crippen molar-refractivity contribution in [2.24, 2.45) is 0 Å². The Kier molecular flexibility index (Phi) is 3.87. The quantitative estimate of drug-likeness (QED) is 0.813. The number of fused-ring (bicyclic) bond motifs is 1. The summed E-state index contributed by atoms with van der Waals surface area (Å²) in [6, 6.07) is 11.7. The number of carbonyl (C=O) groups is 1. The Morgan fingerprint density at radius 3 is 3.00 bits per heavy atom. The fourth-order valence-electron chi connectivity index (χ4n) is 2.06. The van der Waals surface area contributed by atoms with Crippen LogP contribution in [0.3, 0.4) is 0 Å². The van der Waals surface area contributed by atoms with Crippen molar-refractivity contribution in [1.29, 1.82) is 0 Å². The predicted molar refractivity (Wildman–Crippen MR) is 79.3 cm³/mol. The van der Waals surface area contributed by atoms with Gasteiger partial charge in [-0.25, -0.2) is 0 Å². The zero-order chi connectivity index (χ0) is 13.8. The van der Waals surface area contributed by atoms with Gasteiger partial charge in [0, 0.05) is 17.2 Å². The molecule has 1 aliphatic rings. The first-order valence-electron chi connectivity index (χ1n) is 6.39. The summed E-state index contributed by atoms with van der Waals surface area (Å²) in [6.45, 7) is 1.10. The van der Waals surface area contributed by atoms with Crippen LogP contribution in [0.5, 0.6) is 5.75 Å². The maximum Gasteiger partial charge on any atom is 0.237 e. The molecule has 0 atom stereocenters. The van der Waals surface area contributed by atoms with Crippen LogP contribution >= 0.6 is 11.8 Å². The van der Waals surface area contributed by atoms with Gasteiger partial charge in [-0.3, -0.25) is 9.78 Å². The second-order valence-corrected chi connectivity index (χ2v) is 5.39. The van der Waals surface area contributed by atoms with Gasteiger partial charge in [0.05, 0.1) is 18.5 Å². The first-order chi connectivity index (χ1) is 9.84. The standard InChI is InChI=1S/C15H14N2O2S/c18-15(11-20-12-4-2-1-3-5-12)17-8-9-19-14-6-7-16-10-13(14)17/h1-7,10H,8-9,11H2. The van der Waals surface area contributed by atoms with Crippen LogP contribution in [0.15, 0.2) is 53.7 Å². The van der Waals surface area contributed by atoms with Crippen molar-refractivity contribution in [3.8, 4) is 5.75 Å². The average Bonchev–Trinajstić information content (AvgIpc) is 2.53. The third-order valence-corrected chi connectivity index (χ3v) is 4.03. The summed E-state index contributed by atoms with van der Waals surface area (Å²) in [4.78, 5) is 19.3. The first-order valence-corrected chi connectivity index (χ1v) is 7.38. The minimum absolute atomic E-state index is 0.0800. The summed E-state index contributed by atoms with van der Waals surface area (Å²) in [5, 5.41) is 0. The number of anilines is 1. The molecule has 20 heavy (non-hydrogen) atoms. The van der Waals surface area contributed by atoms with Gasteiger partial charge in [0.1, 0.15) is 18.0 Å².